The van der Waals surface area contributed by atoms with Crippen molar-refractivity contribution in [2.24, 2.45) is 0 Å². The Morgan fingerprint density at radius 3 is 2.76 bits per heavy atom. The minimum absolute atomic E-state index is 0.218. The van der Waals surface area contributed by atoms with E-state index in [0.29, 0.717) is 0 Å². The summed E-state index contributed by atoms with van der Waals surface area (Å²) in [4.78, 5) is 0. The van der Waals surface area contributed by atoms with Gasteiger partial charge in [-0.15, -0.1) is 0 Å². The summed E-state index contributed by atoms with van der Waals surface area (Å²) in [6.07, 6.45) is 1.97. The Kier molecular flexibility index (Phi) is 7.12. The van der Waals surface area contributed by atoms with Crippen LogP contribution in [0.1, 0.15) is 31.4 Å². The van der Waals surface area contributed by atoms with E-state index in [0.717, 1.165) is 41.1 Å². The molecule has 1 aromatic carbocycles. The van der Waals surface area contributed by atoms with E-state index >= 15 is 0 Å². The fourth-order valence-electron chi connectivity index (χ4n) is 1.72. The van der Waals surface area contributed by atoms with Gasteiger partial charge in [0.2, 0.25) is 0 Å². The van der Waals surface area contributed by atoms with Crippen LogP contribution >= 0.6 is 27.5 Å². The fourth-order valence-corrected chi connectivity index (χ4v) is 2.79. The van der Waals surface area contributed by atoms with Gasteiger partial charge in [-0.3, -0.25) is 0 Å². The molecule has 2 nitrogen and oxygen atoms in total. The highest BCUT2D eigenvalue weighted by Crippen LogP contribution is 2.31. The monoisotopic (exact) mass is 319 g/mol. The number of hydrogen-bond acceptors (Lipinski definition) is 2. The second-order valence-corrected chi connectivity index (χ2v) is 5.14. The van der Waals surface area contributed by atoms with Crippen molar-refractivity contribution >= 4 is 27.5 Å². The van der Waals surface area contributed by atoms with Crippen LogP contribution in [0.3, 0.4) is 0 Å². The molecule has 1 atom stereocenters. The van der Waals surface area contributed by atoms with Crippen LogP contribution in [-0.4, -0.2) is 20.3 Å². The fraction of sp³-hybridized carbons (Fsp3) is 0.538. The van der Waals surface area contributed by atoms with E-state index in [1.807, 2.05) is 25.2 Å². The van der Waals surface area contributed by atoms with Crippen LogP contribution in [0, 0.1) is 0 Å². The highest BCUT2D eigenvalue weighted by molar-refractivity contribution is 9.10. The van der Waals surface area contributed by atoms with E-state index in [4.69, 9.17) is 16.3 Å². The molecule has 0 spiro atoms. The van der Waals surface area contributed by atoms with Crippen molar-refractivity contribution in [2.45, 2.75) is 25.8 Å². The second kappa shape index (κ2) is 8.09. The standard InChI is InChI=1S/C13H19BrClNO/c1-3-8-17-9-7-12(16-2)13-10(14)5-4-6-11(13)15/h4-6,12,16H,3,7-9H2,1-2H3. The van der Waals surface area contributed by atoms with Crippen LogP contribution in [0.15, 0.2) is 22.7 Å². The highest BCUT2D eigenvalue weighted by Gasteiger charge is 2.15. The smallest absolute Gasteiger partial charge is 0.0484 e. The van der Waals surface area contributed by atoms with Crippen molar-refractivity contribution < 1.29 is 4.74 Å². The number of hydrogen-bond donors (Lipinski definition) is 1. The van der Waals surface area contributed by atoms with E-state index in [2.05, 4.69) is 28.2 Å². The van der Waals surface area contributed by atoms with Gasteiger partial charge in [0.15, 0.2) is 0 Å². The summed E-state index contributed by atoms with van der Waals surface area (Å²) in [5.41, 5.74) is 1.11. The average Bonchev–Trinajstić information content (AvgIpc) is 2.31. The molecule has 0 saturated carbocycles. The first-order valence-corrected chi connectivity index (χ1v) is 7.06. The zero-order valence-corrected chi connectivity index (χ0v) is 12.6. The Morgan fingerprint density at radius 2 is 2.18 bits per heavy atom. The molecule has 96 valence electrons. The van der Waals surface area contributed by atoms with E-state index in [9.17, 15) is 0 Å². The first-order valence-electron chi connectivity index (χ1n) is 5.89. The van der Waals surface area contributed by atoms with E-state index in [-0.39, 0.29) is 6.04 Å². The summed E-state index contributed by atoms with van der Waals surface area (Å²) in [5.74, 6) is 0. The van der Waals surface area contributed by atoms with Gasteiger partial charge in [-0.2, -0.15) is 0 Å². The molecule has 1 unspecified atom stereocenters. The molecule has 0 radical (unpaired) electrons. The Labute approximate surface area is 117 Å². The van der Waals surface area contributed by atoms with Gasteiger partial charge in [0.25, 0.3) is 0 Å². The molecule has 0 aliphatic rings. The average molecular weight is 321 g/mol. The molecule has 4 heteroatoms. The first kappa shape index (κ1) is 15.0. The SMILES string of the molecule is CCCOCCC(NC)c1c(Cl)cccc1Br. The minimum Gasteiger partial charge on any atom is -0.381 e. The third-order valence-electron chi connectivity index (χ3n) is 2.60. The molecule has 0 heterocycles. The van der Waals surface area contributed by atoms with Gasteiger partial charge in [0.1, 0.15) is 0 Å². The van der Waals surface area contributed by atoms with Crippen LogP contribution < -0.4 is 5.32 Å². The number of halogens is 2. The molecule has 0 bridgehead atoms. The largest absolute Gasteiger partial charge is 0.381 e. The molecular weight excluding hydrogens is 302 g/mol. The summed E-state index contributed by atoms with van der Waals surface area (Å²) < 4.78 is 6.56. The van der Waals surface area contributed by atoms with Crippen molar-refractivity contribution in [3.8, 4) is 0 Å². The summed E-state index contributed by atoms with van der Waals surface area (Å²) in [6.45, 7) is 3.68. The summed E-state index contributed by atoms with van der Waals surface area (Å²) >= 11 is 9.78. The number of nitrogens with one attached hydrogen (secondary N) is 1. The van der Waals surface area contributed by atoms with Crippen molar-refractivity contribution in [3.05, 3.63) is 33.3 Å². The lowest BCUT2D eigenvalue weighted by molar-refractivity contribution is 0.125. The Morgan fingerprint density at radius 1 is 1.41 bits per heavy atom. The van der Waals surface area contributed by atoms with Crippen LogP contribution in [-0.2, 0) is 4.74 Å². The maximum Gasteiger partial charge on any atom is 0.0484 e. The number of rotatable bonds is 7. The molecule has 0 fully saturated rings. The summed E-state index contributed by atoms with van der Waals surface area (Å²) in [5, 5.41) is 4.07. The van der Waals surface area contributed by atoms with Gasteiger partial charge in [0.05, 0.1) is 0 Å². The molecule has 0 amide bonds. The van der Waals surface area contributed by atoms with Gasteiger partial charge < -0.3 is 10.1 Å². The Balaban J connectivity index is 2.66. The lowest BCUT2D eigenvalue weighted by Gasteiger charge is -2.19. The molecule has 0 saturated heterocycles. The van der Waals surface area contributed by atoms with Crippen molar-refractivity contribution in [3.63, 3.8) is 0 Å². The molecule has 1 N–H and O–H groups in total. The maximum atomic E-state index is 6.23. The van der Waals surface area contributed by atoms with E-state index in [1.54, 1.807) is 0 Å². The van der Waals surface area contributed by atoms with Crippen LogP contribution in [0.4, 0.5) is 0 Å². The van der Waals surface area contributed by atoms with Crippen molar-refractivity contribution in [1.29, 1.82) is 0 Å². The predicted molar refractivity (Wildman–Crippen MR) is 76.7 cm³/mol. The molecule has 0 aliphatic carbocycles. The van der Waals surface area contributed by atoms with E-state index in [1.165, 1.54) is 0 Å². The third-order valence-corrected chi connectivity index (χ3v) is 3.62. The Bertz CT molecular complexity index is 326. The second-order valence-electron chi connectivity index (χ2n) is 3.88. The summed E-state index contributed by atoms with van der Waals surface area (Å²) in [7, 11) is 1.94. The molecule has 0 aliphatic heterocycles. The minimum atomic E-state index is 0.218. The maximum absolute atomic E-state index is 6.23. The molecular formula is C13H19BrClNO. The lowest BCUT2D eigenvalue weighted by Crippen LogP contribution is -2.19. The van der Waals surface area contributed by atoms with Gasteiger partial charge in [0, 0.05) is 34.3 Å². The molecule has 1 aromatic rings. The number of benzene rings is 1. The molecule has 0 aromatic heterocycles. The first-order chi connectivity index (χ1) is 8.20. The lowest BCUT2D eigenvalue weighted by atomic mass is 10.0. The van der Waals surface area contributed by atoms with Gasteiger partial charge in [-0.25, -0.2) is 0 Å². The zero-order valence-electron chi connectivity index (χ0n) is 10.3. The topological polar surface area (TPSA) is 21.3 Å². The highest BCUT2D eigenvalue weighted by atomic mass is 79.9. The van der Waals surface area contributed by atoms with Gasteiger partial charge in [-0.05, 0) is 32.0 Å². The zero-order chi connectivity index (χ0) is 12.7. The third kappa shape index (κ3) is 4.59. The van der Waals surface area contributed by atoms with Gasteiger partial charge >= 0.3 is 0 Å². The normalized spacial score (nSPS) is 12.7. The summed E-state index contributed by atoms with van der Waals surface area (Å²) in [6, 6.07) is 6.09. The predicted octanol–water partition coefficient (Wildman–Crippen LogP) is 4.18. The number of ether oxygens (including phenoxy) is 1. The molecule has 1 rings (SSSR count). The van der Waals surface area contributed by atoms with Crippen LogP contribution in [0.25, 0.3) is 0 Å². The van der Waals surface area contributed by atoms with Crippen LogP contribution in [0.5, 0.6) is 0 Å². The Hall–Kier alpha value is -0.0900. The van der Waals surface area contributed by atoms with Crippen molar-refractivity contribution in [1.82, 2.24) is 5.32 Å². The van der Waals surface area contributed by atoms with Gasteiger partial charge in [-0.1, -0.05) is 40.5 Å². The van der Waals surface area contributed by atoms with Crippen molar-refractivity contribution in [2.75, 3.05) is 20.3 Å². The van der Waals surface area contributed by atoms with Crippen LogP contribution in [0.2, 0.25) is 5.02 Å². The molecule has 17 heavy (non-hydrogen) atoms. The van der Waals surface area contributed by atoms with E-state index < -0.39 is 0 Å². The quantitative estimate of drug-likeness (QED) is 0.761.